The standard InChI is InChI=1S/C27H29BrClN9O4/c1-2-40-22-13-17(12-19(28)24(22)41-16-18-8-4-5-9-20(18)29)14-31-33-27(39)23-21(15-37-10-6-3-7-11-37)32-36-38(23)26-25(30)34-42-35-26/h4-5,8-9,12-14H,2-3,6-7,10-11,15-16H2,1H3,(H2,30,34)(H,33,39)/b31-14-. The average molecular weight is 659 g/mol. The number of hydrogen-bond donors (Lipinski definition) is 2. The molecule has 1 aliphatic rings. The first kappa shape index (κ1) is 29.5. The highest BCUT2D eigenvalue weighted by molar-refractivity contribution is 9.10. The number of benzene rings is 2. The molecular formula is C27H29BrClN9O4. The molecule has 1 aliphatic heterocycles. The Kier molecular flexibility index (Phi) is 9.66. The molecule has 0 saturated carbocycles. The summed E-state index contributed by atoms with van der Waals surface area (Å²) in [7, 11) is 0. The van der Waals surface area contributed by atoms with E-state index in [2.05, 4.69) is 52.0 Å². The summed E-state index contributed by atoms with van der Waals surface area (Å²) in [6.45, 7) is 4.82. The molecule has 0 unspecified atom stereocenters. The van der Waals surface area contributed by atoms with E-state index < -0.39 is 5.91 Å². The number of amides is 1. The van der Waals surface area contributed by atoms with Crippen molar-refractivity contribution in [1.82, 2.24) is 35.6 Å². The van der Waals surface area contributed by atoms with Crippen LogP contribution >= 0.6 is 27.5 Å². The van der Waals surface area contributed by atoms with Gasteiger partial charge in [-0.15, -0.1) is 5.10 Å². The van der Waals surface area contributed by atoms with Gasteiger partial charge in [-0.2, -0.15) is 9.78 Å². The first-order valence-corrected chi connectivity index (χ1v) is 14.5. The number of nitrogens with one attached hydrogen (secondary N) is 1. The maximum atomic E-state index is 13.4. The molecule has 4 aromatic rings. The number of rotatable bonds is 11. The fraction of sp³-hybridized carbons (Fsp3) is 0.333. The van der Waals surface area contributed by atoms with Gasteiger partial charge in [-0.1, -0.05) is 41.4 Å². The molecule has 0 radical (unpaired) electrons. The lowest BCUT2D eigenvalue weighted by atomic mass is 10.1. The SMILES string of the molecule is CCOc1cc(/C=N\NC(=O)c2c(CN3CCCCC3)nnn2-c2nonc2N)cc(Br)c1OCc1ccccc1Cl. The highest BCUT2D eigenvalue weighted by Gasteiger charge is 2.26. The Bertz CT molecular complexity index is 1570. The van der Waals surface area contributed by atoms with E-state index in [9.17, 15) is 4.79 Å². The fourth-order valence-corrected chi connectivity index (χ4v) is 5.28. The van der Waals surface area contributed by atoms with Gasteiger partial charge in [0.1, 0.15) is 12.3 Å². The molecule has 3 heterocycles. The van der Waals surface area contributed by atoms with E-state index in [-0.39, 0.29) is 23.9 Å². The van der Waals surface area contributed by atoms with Gasteiger partial charge >= 0.3 is 0 Å². The Labute approximate surface area is 255 Å². The molecule has 1 amide bonds. The molecule has 0 bridgehead atoms. The quantitative estimate of drug-likeness (QED) is 0.175. The molecule has 5 rings (SSSR count). The largest absolute Gasteiger partial charge is 0.490 e. The number of halogens is 2. The molecule has 0 aliphatic carbocycles. The summed E-state index contributed by atoms with van der Waals surface area (Å²) in [5.74, 6) is 0.529. The molecule has 1 fully saturated rings. The minimum Gasteiger partial charge on any atom is -0.490 e. The molecule has 0 spiro atoms. The molecule has 0 atom stereocenters. The number of hydrogen-bond acceptors (Lipinski definition) is 11. The Morgan fingerprint density at radius 1 is 1.21 bits per heavy atom. The average Bonchev–Trinajstić information content (AvgIpc) is 3.59. The van der Waals surface area contributed by atoms with Crippen molar-refractivity contribution in [3.05, 3.63) is 68.4 Å². The van der Waals surface area contributed by atoms with Crippen LogP contribution in [0, 0.1) is 0 Å². The third-order valence-electron chi connectivity index (χ3n) is 6.51. The number of ether oxygens (including phenoxy) is 2. The summed E-state index contributed by atoms with van der Waals surface area (Å²) >= 11 is 9.84. The van der Waals surface area contributed by atoms with Crippen molar-refractivity contribution in [3.63, 3.8) is 0 Å². The van der Waals surface area contributed by atoms with Gasteiger partial charge < -0.3 is 15.2 Å². The second-order valence-electron chi connectivity index (χ2n) is 9.45. The van der Waals surface area contributed by atoms with E-state index in [1.807, 2.05) is 31.2 Å². The number of anilines is 1. The third-order valence-corrected chi connectivity index (χ3v) is 7.47. The Hall–Kier alpha value is -4.01. The fourth-order valence-electron chi connectivity index (χ4n) is 4.51. The van der Waals surface area contributed by atoms with E-state index in [4.69, 9.17) is 31.4 Å². The van der Waals surface area contributed by atoms with Gasteiger partial charge in [0.05, 0.1) is 17.3 Å². The zero-order valence-corrected chi connectivity index (χ0v) is 25.1. The molecule has 220 valence electrons. The lowest BCUT2D eigenvalue weighted by Gasteiger charge is -2.25. The zero-order chi connectivity index (χ0) is 29.5. The van der Waals surface area contributed by atoms with Crippen molar-refractivity contribution in [3.8, 4) is 17.3 Å². The van der Waals surface area contributed by atoms with Crippen LogP contribution in [0.1, 0.15) is 53.5 Å². The Morgan fingerprint density at radius 3 is 2.76 bits per heavy atom. The number of piperidine rings is 1. The van der Waals surface area contributed by atoms with Crippen molar-refractivity contribution in [1.29, 1.82) is 0 Å². The summed E-state index contributed by atoms with van der Waals surface area (Å²) in [5.41, 5.74) is 10.5. The van der Waals surface area contributed by atoms with Crippen molar-refractivity contribution in [2.45, 2.75) is 39.3 Å². The minimum absolute atomic E-state index is 0.0212. The highest BCUT2D eigenvalue weighted by atomic mass is 79.9. The summed E-state index contributed by atoms with van der Waals surface area (Å²) in [4.78, 5) is 15.6. The van der Waals surface area contributed by atoms with Crippen LogP contribution in [0.25, 0.3) is 5.82 Å². The number of carbonyl (C=O) groups excluding carboxylic acids is 1. The van der Waals surface area contributed by atoms with E-state index in [1.165, 1.54) is 17.3 Å². The summed E-state index contributed by atoms with van der Waals surface area (Å²) in [5, 5.41) is 20.5. The second-order valence-corrected chi connectivity index (χ2v) is 10.7. The van der Waals surface area contributed by atoms with Gasteiger partial charge in [0.2, 0.25) is 11.6 Å². The topological polar surface area (TPSA) is 159 Å². The minimum atomic E-state index is -0.547. The third kappa shape index (κ3) is 6.89. The van der Waals surface area contributed by atoms with Crippen LogP contribution in [0.2, 0.25) is 5.02 Å². The maximum Gasteiger partial charge on any atom is 0.292 e. The summed E-state index contributed by atoms with van der Waals surface area (Å²) < 4.78 is 18.4. The van der Waals surface area contributed by atoms with E-state index in [0.29, 0.717) is 45.4 Å². The number of hydrazone groups is 1. The van der Waals surface area contributed by atoms with E-state index in [1.54, 1.807) is 12.1 Å². The van der Waals surface area contributed by atoms with Gasteiger partial charge in [-0.05, 0) is 82.9 Å². The monoisotopic (exact) mass is 657 g/mol. The van der Waals surface area contributed by atoms with Crippen molar-refractivity contribution >= 4 is 45.5 Å². The predicted molar refractivity (Wildman–Crippen MR) is 159 cm³/mol. The number of carbonyl (C=O) groups is 1. The van der Waals surface area contributed by atoms with Crippen molar-refractivity contribution in [2.24, 2.45) is 5.10 Å². The molecule has 13 nitrogen and oxygen atoms in total. The van der Waals surface area contributed by atoms with Crippen LogP contribution < -0.4 is 20.6 Å². The number of nitrogen functional groups attached to an aromatic ring is 1. The molecule has 42 heavy (non-hydrogen) atoms. The molecule has 2 aromatic heterocycles. The number of nitrogens with two attached hydrogens (primary N) is 1. The highest BCUT2D eigenvalue weighted by Crippen LogP contribution is 2.37. The smallest absolute Gasteiger partial charge is 0.292 e. The van der Waals surface area contributed by atoms with Gasteiger partial charge in [0.25, 0.3) is 5.91 Å². The van der Waals surface area contributed by atoms with Gasteiger partial charge in [-0.25, -0.2) is 10.1 Å². The maximum absolute atomic E-state index is 13.4. The first-order chi connectivity index (χ1) is 20.4. The lowest BCUT2D eigenvalue weighted by molar-refractivity contribution is 0.0944. The van der Waals surface area contributed by atoms with Crippen LogP contribution in [0.15, 0.2) is 50.6 Å². The van der Waals surface area contributed by atoms with Crippen LogP contribution in [0.3, 0.4) is 0 Å². The van der Waals surface area contributed by atoms with Crippen LogP contribution in [0.4, 0.5) is 5.82 Å². The van der Waals surface area contributed by atoms with Gasteiger partial charge in [-0.3, -0.25) is 9.69 Å². The number of likely N-dealkylation sites (tertiary alicyclic amines) is 1. The lowest BCUT2D eigenvalue weighted by Crippen LogP contribution is -2.31. The first-order valence-electron chi connectivity index (χ1n) is 13.4. The molecular weight excluding hydrogens is 630 g/mol. The van der Waals surface area contributed by atoms with Crippen molar-refractivity contribution < 1.29 is 18.9 Å². The Morgan fingerprint density at radius 2 is 2.02 bits per heavy atom. The van der Waals surface area contributed by atoms with Gasteiger partial charge in [0.15, 0.2) is 17.2 Å². The Balaban J connectivity index is 1.34. The van der Waals surface area contributed by atoms with Crippen LogP contribution in [-0.4, -0.2) is 62.0 Å². The normalized spacial score (nSPS) is 13.9. The molecule has 3 N–H and O–H groups in total. The predicted octanol–water partition coefficient (Wildman–Crippen LogP) is 4.38. The summed E-state index contributed by atoms with van der Waals surface area (Å²) in [6, 6.07) is 11.0. The number of aromatic nitrogens is 5. The van der Waals surface area contributed by atoms with Gasteiger partial charge in [0, 0.05) is 17.1 Å². The number of nitrogens with zero attached hydrogens (tertiary/aromatic N) is 7. The van der Waals surface area contributed by atoms with Crippen LogP contribution in [0.5, 0.6) is 11.5 Å². The van der Waals surface area contributed by atoms with Crippen molar-refractivity contribution in [2.75, 3.05) is 25.4 Å². The zero-order valence-electron chi connectivity index (χ0n) is 22.8. The summed E-state index contributed by atoms with van der Waals surface area (Å²) in [6.07, 6.45) is 4.85. The molecule has 15 heteroatoms. The second kappa shape index (κ2) is 13.8. The molecule has 1 saturated heterocycles. The van der Waals surface area contributed by atoms with E-state index >= 15 is 0 Å². The molecule has 2 aromatic carbocycles. The van der Waals surface area contributed by atoms with Crippen LogP contribution in [-0.2, 0) is 13.2 Å². The van der Waals surface area contributed by atoms with E-state index in [0.717, 1.165) is 31.5 Å².